The third kappa shape index (κ3) is 4.58. The van der Waals surface area contributed by atoms with Gasteiger partial charge in [-0.15, -0.1) is 0 Å². The molecule has 7 heteroatoms. The van der Waals surface area contributed by atoms with Crippen molar-refractivity contribution < 1.29 is 18.5 Å². The molecule has 0 aromatic carbocycles. The third-order valence-corrected chi connectivity index (χ3v) is 3.94. The van der Waals surface area contributed by atoms with Gasteiger partial charge in [-0.2, -0.15) is 0 Å². The fourth-order valence-corrected chi connectivity index (χ4v) is 2.98. The first-order valence-electron chi connectivity index (χ1n) is 5.74. The van der Waals surface area contributed by atoms with E-state index in [0.29, 0.717) is 6.54 Å². The average molecular weight is 276 g/mol. The molecular weight excluding hydrogens is 256 g/mol. The Kier molecular flexibility index (Phi) is 4.64. The van der Waals surface area contributed by atoms with E-state index >= 15 is 0 Å². The minimum atomic E-state index is -2.25. The van der Waals surface area contributed by atoms with Gasteiger partial charge in [0.25, 0.3) is 0 Å². The number of hydrogen-bond donors (Lipinski definition) is 2. The zero-order valence-electron chi connectivity index (χ0n) is 11.1. The van der Waals surface area contributed by atoms with E-state index < -0.39 is 22.4 Å². The van der Waals surface area contributed by atoms with E-state index in [9.17, 15) is 9.59 Å². The van der Waals surface area contributed by atoms with Crippen molar-refractivity contribution in [3.8, 4) is 0 Å². The van der Waals surface area contributed by atoms with Gasteiger partial charge in [0.2, 0.25) is 0 Å². The van der Waals surface area contributed by atoms with Crippen LogP contribution in [0.1, 0.15) is 34.1 Å². The van der Waals surface area contributed by atoms with E-state index in [4.69, 9.17) is 8.92 Å². The molecule has 2 N–H and O–H groups in total. The molecule has 0 saturated carbocycles. The van der Waals surface area contributed by atoms with Gasteiger partial charge in [-0.25, -0.2) is 14.2 Å². The highest BCUT2D eigenvalue weighted by Crippen LogP contribution is 2.45. The fraction of sp³-hybridized carbons (Fsp3) is 0.636. The Hall–Kier alpha value is -1.21. The molecule has 0 aromatic heterocycles. The maximum absolute atomic E-state index is 11.7. The van der Waals surface area contributed by atoms with Crippen LogP contribution in [0.3, 0.4) is 0 Å². The molecule has 1 amide bonds. The Morgan fingerprint density at radius 3 is 2.56 bits per heavy atom. The summed E-state index contributed by atoms with van der Waals surface area (Å²) in [4.78, 5) is 23.1. The second-order valence-corrected chi connectivity index (χ2v) is 6.87. The average Bonchev–Trinajstić information content (AvgIpc) is 2.62. The number of carbonyl (C=O) groups excluding carboxylic acids is 2. The van der Waals surface area contributed by atoms with Crippen molar-refractivity contribution in [1.82, 2.24) is 9.44 Å². The minimum absolute atomic E-state index is 0.250. The highest BCUT2D eigenvalue weighted by molar-refractivity contribution is 8.29. The molecule has 0 spiro atoms. The van der Waals surface area contributed by atoms with E-state index in [2.05, 4.69) is 9.44 Å². The Morgan fingerprint density at radius 1 is 1.44 bits per heavy atom. The first-order chi connectivity index (χ1) is 8.26. The second-order valence-electron chi connectivity index (χ2n) is 4.73. The molecule has 18 heavy (non-hydrogen) atoms. The maximum Gasteiger partial charge on any atom is 0.419 e. The molecule has 1 aliphatic heterocycles. The summed E-state index contributed by atoms with van der Waals surface area (Å²) < 4.78 is 16.0. The van der Waals surface area contributed by atoms with Gasteiger partial charge in [-0.3, -0.25) is 4.79 Å². The second kappa shape index (κ2) is 5.62. The van der Waals surface area contributed by atoms with Crippen molar-refractivity contribution in [3.05, 3.63) is 11.5 Å². The minimum Gasteiger partial charge on any atom is -0.443 e. The van der Waals surface area contributed by atoms with Gasteiger partial charge >= 0.3 is 12.1 Å². The van der Waals surface area contributed by atoms with Crippen molar-refractivity contribution in [3.63, 3.8) is 0 Å². The molecule has 1 rings (SSSR count). The van der Waals surface area contributed by atoms with Crippen molar-refractivity contribution >= 4 is 22.7 Å². The van der Waals surface area contributed by atoms with Crippen LogP contribution in [0.5, 0.6) is 0 Å². The first-order valence-corrected chi connectivity index (χ1v) is 7.36. The maximum atomic E-state index is 11.7. The van der Waals surface area contributed by atoms with Crippen LogP contribution in [0.2, 0.25) is 0 Å². The lowest BCUT2D eigenvalue weighted by atomic mass is 10.2. The summed E-state index contributed by atoms with van der Waals surface area (Å²) in [7, 11) is -2.25. The predicted molar refractivity (Wildman–Crippen MR) is 70.5 cm³/mol. The predicted octanol–water partition coefficient (Wildman–Crippen LogP) is 2.13. The zero-order chi connectivity index (χ0) is 13.8. The summed E-state index contributed by atoms with van der Waals surface area (Å²) >= 11 is 0. The molecule has 0 bridgehead atoms. The summed E-state index contributed by atoms with van der Waals surface area (Å²) in [5.41, 5.74) is -0.595. The lowest BCUT2D eigenvalue weighted by molar-refractivity contribution is -0.133. The zero-order valence-corrected chi connectivity index (χ0v) is 11.9. The Balaban J connectivity index is 2.66. The molecule has 1 aliphatic rings. The standard InChI is InChI=1S/C11H20N2O4S/c1-5-9(14)17-18(8-6-7-12-18)13-10(15)16-11(2,3)4/h6,8,12H,5,7H2,1-4H3,(H,13,15). The molecule has 1 unspecified atom stereocenters. The Morgan fingerprint density at radius 2 is 2.11 bits per heavy atom. The molecule has 0 fully saturated rings. The number of ether oxygens (including phenoxy) is 1. The van der Waals surface area contributed by atoms with Crippen molar-refractivity contribution in [2.75, 3.05) is 6.54 Å². The van der Waals surface area contributed by atoms with Gasteiger partial charge < -0.3 is 8.92 Å². The van der Waals surface area contributed by atoms with E-state index in [1.54, 1.807) is 39.2 Å². The number of carbonyl (C=O) groups is 2. The Bertz CT molecular complexity index is 365. The molecule has 1 heterocycles. The van der Waals surface area contributed by atoms with Crippen molar-refractivity contribution in [1.29, 1.82) is 0 Å². The van der Waals surface area contributed by atoms with Gasteiger partial charge in [-0.1, -0.05) is 13.0 Å². The monoisotopic (exact) mass is 276 g/mol. The smallest absolute Gasteiger partial charge is 0.419 e. The van der Waals surface area contributed by atoms with Crippen LogP contribution in [0.15, 0.2) is 11.5 Å². The molecule has 6 nitrogen and oxygen atoms in total. The van der Waals surface area contributed by atoms with E-state index in [1.165, 1.54) is 0 Å². The highest BCUT2D eigenvalue weighted by Gasteiger charge is 2.31. The van der Waals surface area contributed by atoms with Crippen LogP contribution in [0.25, 0.3) is 0 Å². The van der Waals surface area contributed by atoms with Gasteiger partial charge in [0, 0.05) is 18.4 Å². The number of rotatable bonds is 3. The lowest BCUT2D eigenvalue weighted by Gasteiger charge is -2.33. The number of amides is 1. The highest BCUT2D eigenvalue weighted by atomic mass is 32.3. The van der Waals surface area contributed by atoms with E-state index in [-0.39, 0.29) is 12.4 Å². The van der Waals surface area contributed by atoms with E-state index in [1.807, 2.05) is 0 Å². The molecule has 104 valence electrons. The largest absolute Gasteiger partial charge is 0.443 e. The topological polar surface area (TPSA) is 76.7 Å². The van der Waals surface area contributed by atoms with E-state index in [0.717, 1.165) is 0 Å². The Labute approximate surface area is 109 Å². The third-order valence-electron chi connectivity index (χ3n) is 1.85. The molecule has 0 saturated heterocycles. The van der Waals surface area contributed by atoms with Gasteiger partial charge in [-0.05, 0) is 20.8 Å². The fourth-order valence-electron chi connectivity index (χ4n) is 1.18. The summed E-state index contributed by atoms with van der Waals surface area (Å²) in [6, 6.07) is 0. The van der Waals surface area contributed by atoms with Crippen LogP contribution < -0.4 is 9.44 Å². The van der Waals surface area contributed by atoms with Gasteiger partial charge in [0.1, 0.15) is 5.60 Å². The summed E-state index contributed by atoms with van der Waals surface area (Å²) in [5.74, 6) is -0.375. The lowest BCUT2D eigenvalue weighted by Crippen LogP contribution is -2.39. The van der Waals surface area contributed by atoms with Gasteiger partial charge in [0.15, 0.2) is 0 Å². The van der Waals surface area contributed by atoms with Crippen molar-refractivity contribution in [2.24, 2.45) is 0 Å². The first kappa shape index (κ1) is 14.8. The number of hydrogen-bond acceptors (Lipinski definition) is 5. The van der Waals surface area contributed by atoms with Crippen molar-refractivity contribution in [2.45, 2.75) is 39.7 Å². The quantitative estimate of drug-likeness (QED) is 0.825. The molecular formula is C11H20N2O4S. The van der Waals surface area contributed by atoms with Crippen LogP contribution >= 0.6 is 10.7 Å². The molecule has 0 aromatic rings. The summed E-state index contributed by atoms with van der Waals surface area (Å²) in [5, 5.41) is 1.67. The molecule has 0 aliphatic carbocycles. The molecule has 0 radical (unpaired) electrons. The number of nitrogens with one attached hydrogen (secondary N) is 2. The van der Waals surface area contributed by atoms with Crippen LogP contribution in [0, 0.1) is 0 Å². The normalized spacial score (nSPS) is 26.2. The van der Waals surface area contributed by atoms with Crippen LogP contribution in [-0.4, -0.2) is 24.2 Å². The van der Waals surface area contributed by atoms with Gasteiger partial charge in [0.05, 0.1) is 10.7 Å². The summed E-state index contributed by atoms with van der Waals surface area (Å²) in [6.07, 6.45) is 1.44. The SMILES string of the molecule is CCC(=O)OS1(NC(=O)OC(C)(C)C)C=CCN1. The van der Waals surface area contributed by atoms with Crippen LogP contribution in [-0.2, 0) is 13.7 Å². The summed E-state index contributed by atoms with van der Waals surface area (Å²) in [6.45, 7) is 7.55. The van der Waals surface area contributed by atoms with Crippen LogP contribution in [0.4, 0.5) is 4.79 Å². The molecule has 1 atom stereocenters.